The van der Waals surface area contributed by atoms with Crippen molar-refractivity contribution >= 4 is 0 Å². The van der Waals surface area contributed by atoms with Crippen molar-refractivity contribution in [3.8, 4) is 0 Å². The molecule has 0 atom stereocenters. The Bertz CT molecular complexity index is 429. The van der Waals surface area contributed by atoms with Crippen LogP contribution in [0.25, 0.3) is 0 Å². The van der Waals surface area contributed by atoms with E-state index in [2.05, 4.69) is 19.9 Å². The minimum absolute atomic E-state index is 0.525. The molecule has 0 aliphatic rings. The first-order chi connectivity index (χ1) is 11.3. The molecule has 1 aromatic carbocycles. The van der Waals surface area contributed by atoms with E-state index in [0.29, 0.717) is 13.2 Å². The lowest BCUT2D eigenvalue weighted by atomic mass is 9.91. The molecule has 0 spiro atoms. The van der Waals surface area contributed by atoms with Crippen LogP contribution < -0.4 is 0 Å². The summed E-state index contributed by atoms with van der Waals surface area (Å²) in [7, 11) is 0. The summed E-state index contributed by atoms with van der Waals surface area (Å²) in [4.78, 5) is 22.0. The van der Waals surface area contributed by atoms with Crippen LogP contribution in [-0.2, 0) is 30.8 Å². The average molecular weight is 338 g/mol. The molecule has 0 amide bonds. The molecule has 0 heterocycles. The molecule has 0 bridgehead atoms. The van der Waals surface area contributed by atoms with Crippen molar-refractivity contribution in [1.82, 2.24) is 0 Å². The Morgan fingerprint density at radius 3 is 1.54 bits per heavy atom. The van der Waals surface area contributed by atoms with Crippen LogP contribution in [0.1, 0.15) is 78.4 Å². The third-order valence-corrected chi connectivity index (χ3v) is 3.95. The second-order valence-corrected chi connectivity index (χ2v) is 7.12. The molecule has 1 aromatic rings. The van der Waals surface area contributed by atoms with E-state index in [9.17, 15) is 0 Å². The summed E-state index contributed by atoms with van der Waals surface area (Å²) >= 11 is 0. The molecular formula is C20H34O4. The highest BCUT2D eigenvalue weighted by Crippen LogP contribution is 2.31. The second-order valence-electron chi connectivity index (χ2n) is 7.12. The molecule has 4 heteroatoms. The van der Waals surface area contributed by atoms with E-state index in [1.54, 1.807) is 0 Å². The van der Waals surface area contributed by atoms with Crippen LogP contribution in [-0.4, -0.2) is 13.2 Å². The van der Waals surface area contributed by atoms with Gasteiger partial charge in [-0.15, -0.1) is 0 Å². The minimum atomic E-state index is -0.525. The maximum atomic E-state index is 5.63. The first-order valence-corrected chi connectivity index (χ1v) is 9.05. The molecular weight excluding hydrogens is 304 g/mol. The molecule has 0 radical (unpaired) electrons. The zero-order chi connectivity index (χ0) is 18.1. The smallest absolute Gasteiger partial charge is 0.123 e. The molecule has 4 nitrogen and oxygen atoms in total. The molecule has 1 rings (SSSR count). The highest BCUT2D eigenvalue weighted by atomic mass is 17.2. The number of hydrogen-bond donors (Lipinski definition) is 0. The Morgan fingerprint density at radius 1 is 0.750 bits per heavy atom. The van der Waals surface area contributed by atoms with Crippen molar-refractivity contribution < 1.29 is 19.6 Å². The van der Waals surface area contributed by atoms with Crippen molar-refractivity contribution in [2.24, 2.45) is 0 Å². The quantitative estimate of drug-likeness (QED) is 0.280. The van der Waals surface area contributed by atoms with Gasteiger partial charge >= 0.3 is 0 Å². The summed E-state index contributed by atoms with van der Waals surface area (Å²) < 4.78 is 0. The van der Waals surface area contributed by atoms with Crippen molar-refractivity contribution in [3.05, 3.63) is 35.4 Å². The first kappa shape index (κ1) is 21.1. The van der Waals surface area contributed by atoms with Crippen LogP contribution in [0.2, 0.25) is 0 Å². The molecule has 24 heavy (non-hydrogen) atoms. The average Bonchev–Trinajstić information content (AvgIpc) is 2.56. The Morgan fingerprint density at radius 2 is 1.17 bits per heavy atom. The fraction of sp³-hybridized carbons (Fsp3) is 0.700. The summed E-state index contributed by atoms with van der Waals surface area (Å²) in [5.41, 5.74) is 1.04. The molecule has 0 aliphatic heterocycles. The van der Waals surface area contributed by atoms with Gasteiger partial charge in [0, 0.05) is 0 Å². The molecule has 0 N–H and O–H groups in total. The molecule has 138 valence electrons. The Balaban J connectivity index is 2.73. The number of unbranched alkanes of at least 4 members (excludes halogenated alkanes) is 2. The molecule has 0 saturated carbocycles. The Hall–Kier alpha value is -0.940. The standard InChI is InChI=1S/C20H34O4/c1-7-9-14-21-23-19(3,4)17-12-11-13-18(16-17)20(5,6)24-22-15-10-8-2/h11-13,16H,7-10,14-15H2,1-6H3. The van der Waals surface area contributed by atoms with Gasteiger partial charge in [0.25, 0.3) is 0 Å². The second kappa shape index (κ2) is 10.1. The van der Waals surface area contributed by atoms with E-state index in [1.165, 1.54) is 0 Å². The fourth-order valence-electron chi connectivity index (χ4n) is 2.15. The van der Waals surface area contributed by atoms with E-state index >= 15 is 0 Å². The number of rotatable bonds is 12. The van der Waals surface area contributed by atoms with Gasteiger partial charge in [0.05, 0.1) is 13.2 Å². The lowest BCUT2D eigenvalue weighted by molar-refractivity contribution is -0.360. The van der Waals surface area contributed by atoms with Gasteiger partial charge in [0.2, 0.25) is 0 Å². The summed E-state index contributed by atoms with van der Waals surface area (Å²) in [6, 6.07) is 8.19. The predicted molar refractivity (Wildman–Crippen MR) is 96.4 cm³/mol. The van der Waals surface area contributed by atoms with Crippen LogP contribution in [0.15, 0.2) is 24.3 Å². The van der Waals surface area contributed by atoms with E-state index in [0.717, 1.165) is 36.8 Å². The number of hydrogen-bond acceptors (Lipinski definition) is 4. The third-order valence-electron chi connectivity index (χ3n) is 3.95. The molecule has 0 aliphatic carbocycles. The highest BCUT2D eigenvalue weighted by molar-refractivity contribution is 5.30. The molecule has 0 fully saturated rings. The van der Waals surface area contributed by atoms with Gasteiger partial charge < -0.3 is 0 Å². The van der Waals surface area contributed by atoms with Crippen LogP contribution in [0, 0.1) is 0 Å². The van der Waals surface area contributed by atoms with E-state index < -0.39 is 11.2 Å². The van der Waals surface area contributed by atoms with Crippen LogP contribution in [0.3, 0.4) is 0 Å². The maximum Gasteiger partial charge on any atom is 0.123 e. The van der Waals surface area contributed by atoms with E-state index in [1.807, 2.05) is 45.9 Å². The molecule has 0 unspecified atom stereocenters. The lowest BCUT2D eigenvalue weighted by Gasteiger charge is -2.28. The monoisotopic (exact) mass is 338 g/mol. The van der Waals surface area contributed by atoms with Crippen molar-refractivity contribution in [3.63, 3.8) is 0 Å². The maximum absolute atomic E-state index is 5.63. The lowest BCUT2D eigenvalue weighted by Crippen LogP contribution is -2.25. The summed E-state index contributed by atoms with van der Waals surface area (Å²) in [6.07, 6.45) is 4.16. The third kappa shape index (κ3) is 6.89. The predicted octanol–water partition coefficient (Wildman–Crippen LogP) is 5.65. The van der Waals surface area contributed by atoms with Gasteiger partial charge in [0.1, 0.15) is 11.2 Å². The normalized spacial score (nSPS) is 12.6. The van der Waals surface area contributed by atoms with Crippen molar-refractivity contribution in [2.45, 2.75) is 78.4 Å². The Labute approximate surface area is 147 Å². The van der Waals surface area contributed by atoms with E-state index in [4.69, 9.17) is 19.6 Å². The highest BCUT2D eigenvalue weighted by Gasteiger charge is 2.28. The Kier molecular flexibility index (Phi) is 8.92. The summed E-state index contributed by atoms with van der Waals surface area (Å²) in [5.74, 6) is 0. The van der Waals surface area contributed by atoms with Crippen LogP contribution in [0.5, 0.6) is 0 Å². The SMILES string of the molecule is CCCCOOC(C)(C)c1cccc(C(C)(C)OOCCCC)c1. The van der Waals surface area contributed by atoms with Gasteiger partial charge in [-0.3, -0.25) is 0 Å². The largest absolute Gasteiger partial charge is 0.236 e. The number of benzene rings is 1. The molecule has 0 aromatic heterocycles. The van der Waals surface area contributed by atoms with Gasteiger partial charge in [-0.05, 0) is 57.7 Å². The van der Waals surface area contributed by atoms with Gasteiger partial charge in [-0.1, -0.05) is 44.9 Å². The van der Waals surface area contributed by atoms with Crippen molar-refractivity contribution in [1.29, 1.82) is 0 Å². The van der Waals surface area contributed by atoms with Crippen LogP contribution >= 0.6 is 0 Å². The zero-order valence-corrected chi connectivity index (χ0v) is 16.2. The molecule has 0 saturated heterocycles. The minimum Gasteiger partial charge on any atom is -0.236 e. The zero-order valence-electron chi connectivity index (χ0n) is 16.2. The summed E-state index contributed by atoms with van der Waals surface area (Å²) in [5, 5.41) is 0. The van der Waals surface area contributed by atoms with Crippen LogP contribution in [0.4, 0.5) is 0 Å². The fourth-order valence-corrected chi connectivity index (χ4v) is 2.15. The van der Waals surface area contributed by atoms with Gasteiger partial charge in [0.15, 0.2) is 0 Å². The summed E-state index contributed by atoms with van der Waals surface area (Å²) in [6.45, 7) is 13.5. The topological polar surface area (TPSA) is 36.9 Å². The van der Waals surface area contributed by atoms with Gasteiger partial charge in [-0.2, -0.15) is 0 Å². The van der Waals surface area contributed by atoms with Crippen molar-refractivity contribution in [2.75, 3.05) is 13.2 Å². The first-order valence-electron chi connectivity index (χ1n) is 9.05. The van der Waals surface area contributed by atoms with E-state index in [-0.39, 0.29) is 0 Å². The van der Waals surface area contributed by atoms with Gasteiger partial charge in [-0.25, -0.2) is 19.6 Å².